The predicted octanol–water partition coefficient (Wildman–Crippen LogP) is -1.15. The Labute approximate surface area is 65.1 Å². The molecule has 0 bridgehead atoms. The van der Waals surface area contributed by atoms with E-state index in [9.17, 15) is 4.79 Å². The molecule has 0 aliphatic carbocycles. The van der Waals surface area contributed by atoms with Gasteiger partial charge < -0.3 is 15.8 Å². The number of esters is 1. The lowest BCUT2D eigenvalue weighted by molar-refractivity contribution is -0.141. The third kappa shape index (κ3) is 0.862. The van der Waals surface area contributed by atoms with Gasteiger partial charge in [-0.2, -0.15) is 0 Å². The lowest BCUT2D eigenvalue weighted by Crippen LogP contribution is -2.59. The lowest BCUT2D eigenvalue weighted by atomic mass is 9.75. The number of nitrogens with two attached hydrogens (primary N) is 1. The van der Waals surface area contributed by atoms with Crippen molar-refractivity contribution in [2.75, 3.05) is 19.6 Å². The molecular weight excluding hydrogens is 144 g/mol. The fraction of sp³-hybridized carbons (Fsp3) is 0.857. The molecule has 2 aliphatic rings. The van der Waals surface area contributed by atoms with Crippen LogP contribution in [0, 0.1) is 5.41 Å². The molecule has 1 unspecified atom stereocenters. The van der Waals surface area contributed by atoms with Crippen LogP contribution in [0.1, 0.15) is 6.42 Å². The summed E-state index contributed by atoms with van der Waals surface area (Å²) in [5, 5.41) is 3.14. The van der Waals surface area contributed by atoms with Gasteiger partial charge in [-0.1, -0.05) is 0 Å². The number of hydrogen-bond donors (Lipinski definition) is 2. The minimum absolute atomic E-state index is 0.0451. The number of rotatable bonds is 1. The van der Waals surface area contributed by atoms with E-state index in [1.54, 1.807) is 0 Å². The van der Waals surface area contributed by atoms with Crippen molar-refractivity contribution in [1.82, 2.24) is 5.32 Å². The molecule has 2 aliphatic heterocycles. The molecule has 0 aromatic rings. The second-order valence-corrected chi connectivity index (χ2v) is 3.36. The summed E-state index contributed by atoms with van der Waals surface area (Å²) in [5.74, 6) is -0.0954. The van der Waals surface area contributed by atoms with E-state index in [4.69, 9.17) is 10.5 Å². The molecule has 4 nitrogen and oxygen atoms in total. The maximum Gasteiger partial charge on any atom is 0.306 e. The third-order valence-corrected chi connectivity index (χ3v) is 2.62. The number of carbonyl (C=O) groups is 1. The van der Waals surface area contributed by atoms with Gasteiger partial charge in [0.2, 0.25) is 0 Å². The predicted molar refractivity (Wildman–Crippen MR) is 38.9 cm³/mol. The fourth-order valence-corrected chi connectivity index (χ4v) is 1.82. The smallest absolute Gasteiger partial charge is 0.306 e. The first-order chi connectivity index (χ1) is 5.27. The molecule has 0 radical (unpaired) electrons. The minimum atomic E-state index is -0.0954. The summed E-state index contributed by atoms with van der Waals surface area (Å²) < 4.78 is 5.06. The Kier molecular flexibility index (Phi) is 1.40. The van der Waals surface area contributed by atoms with Crippen molar-refractivity contribution < 1.29 is 9.53 Å². The summed E-state index contributed by atoms with van der Waals surface area (Å²) in [6.07, 6.45) is 0.498. The molecule has 0 amide bonds. The second-order valence-electron chi connectivity index (χ2n) is 3.36. The Hall–Kier alpha value is -0.610. The van der Waals surface area contributed by atoms with E-state index >= 15 is 0 Å². The van der Waals surface area contributed by atoms with Crippen LogP contribution in [0.3, 0.4) is 0 Å². The van der Waals surface area contributed by atoms with Crippen molar-refractivity contribution in [3.8, 4) is 0 Å². The fourth-order valence-electron chi connectivity index (χ4n) is 1.82. The topological polar surface area (TPSA) is 64.3 Å². The van der Waals surface area contributed by atoms with Crippen molar-refractivity contribution in [3.05, 3.63) is 0 Å². The third-order valence-electron chi connectivity index (χ3n) is 2.62. The number of carbonyl (C=O) groups excluding carboxylic acids is 1. The molecule has 62 valence electrons. The zero-order valence-electron chi connectivity index (χ0n) is 6.30. The maximum atomic E-state index is 10.9. The van der Waals surface area contributed by atoms with E-state index in [1.807, 2.05) is 0 Å². The van der Waals surface area contributed by atoms with Gasteiger partial charge in [-0.3, -0.25) is 4.79 Å². The lowest BCUT2D eigenvalue weighted by Gasteiger charge is -2.40. The largest absolute Gasteiger partial charge is 0.460 e. The zero-order chi connectivity index (χ0) is 7.90. The number of nitrogens with one attached hydrogen (secondary N) is 1. The molecule has 2 rings (SSSR count). The Balaban J connectivity index is 2.13. The van der Waals surface area contributed by atoms with Gasteiger partial charge in [0.1, 0.15) is 6.10 Å². The van der Waals surface area contributed by atoms with Crippen LogP contribution in [-0.4, -0.2) is 31.7 Å². The minimum Gasteiger partial charge on any atom is -0.460 e. The summed E-state index contributed by atoms with van der Waals surface area (Å²) >= 11 is 0. The average molecular weight is 156 g/mol. The van der Waals surface area contributed by atoms with Gasteiger partial charge in [0, 0.05) is 25.0 Å². The van der Waals surface area contributed by atoms with E-state index in [1.165, 1.54) is 0 Å². The van der Waals surface area contributed by atoms with Crippen LogP contribution in [0.25, 0.3) is 0 Å². The standard InChI is InChI=1S/C7H12N2O2/c8-2-5-7(3-9-4-7)1-6(10)11-5/h5,9H,1-4,8H2. The molecule has 4 heteroatoms. The van der Waals surface area contributed by atoms with Gasteiger partial charge >= 0.3 is 5.97 Å². The summed E-state index contributed by atoms with van der Waals surface area (Å²) in [5.41, 5.74) is 5.52. The maximum absolute atomic E-state index is 10.9. The van der Waals surface area contributed by atoms with E-state index in [-0.39, 0.29) is 17.5 Å². The van der Waals surface area contributed by atoms with Gasteiger partial charge in [0.25, 0.3) is 0 Å². The van der Waals surface area contributed by atoms with Gasteiger partial charge in [-0.25, -0.2) is 0 Å². The van der Waals surface area contributed by atoms with Gasteiger partial charge in [-0.15, -0.1) is 0 Å². The average Bonchev–Trinajstić information content (AvgIpc) is 2.25. The Morgan fingerprint density at radius 3 is 2.82 bits per heavy atom. The summed E-state index contributed by atoms with van der Waals surface area (Å²) in [7, 11) is 0. The van der Waals surface area contributed by atoms with Crippen molar-refractivity contribution in [1.29, 1.82) is 0 Å². The van der Waals surface area contributed by atoms with Crippen LogP contribution in [0.5, 0.6) is 0 Å². The summed E-state index contributed by atoms with van der Waals surface area (Å²) in [6, 6.07) is 0. The van der Waals surface area contributed by atoms with Crippen LogP contribution in [0.2, 0.25) is 0 Å². The Morgan fingerprint density at radius 1 is 1.73 bits per heavy atom. The highest BCUT2D eigenvalue weighted by Gasteiger charge is 2.52. The number of cyclic esters (lactones) is 1. The molecule has 3 N–H and O–H groups in total. The van der Waals surface area contributed by atoms with E-state index in [2.05, 4.69) is 5.32 Å². The number of ether oxygens (including phenoxy) is 1. The van der Waals surface area contributed by atoms with E-state index in [0.717, 1.165) is 13.1 Å². The molecule has 0 saturated carbocycles. The summed E-state index contributed by atoms with van der Waals surface area (Å²) in [6.45, 7) is 2.20. The Bertz CT molecular complexity index is 189. The van der Waals surface area contributed by atoms with Crippen LogP contribution in [0.4, 0.5) is 0 Å². The van der Waals surface area contributed by atoms with Crippen molar-refractivity contribution in [3.63, 3.8) is 0 Å². The molecule has 0 aromatic carbocycles. The highest BCUT2D eigenvalue weighted by molar-refractivity contribution is 5.73. The van der Waals surface area contributed by atoms with Gasteiger partial charge in [-0.05, 0) is 0 Å². The highest BCUT2D eigenvalue weighted by Crippen LogP contribution is 2.38. The van der Waals surface area contributed by atoms with Crippen molar-refractivity contribution in [2.45, 2.75) is 12.5 Å². The normalized spacial score (nSPS) is 33.5. The van der Waals surface area contributed by atoms with Crippen LogP contribution in [0.15, 0.2) is 0 Å². The first-order valence-electron chi connectivity index (χ1n) is 3.87. The van der Waals surface area contributed by atoms with Gasteiger partial charge in [0.15, 0.2) is 0 Å². The molecule has 0 aromatic heterocycles. The van der Waals surface area contributed by atoms with Gasteiger partial charge in [0.05, 0.1) is 6.42 Å². The first-order valence-corrected chi connectivity index (χ1v) is 3.87. The second kappa shape index (κ2) is 2.19. The molecule has 2 heterocycles. The zero-order valence-corrected chi connectivity index (χ0v) is 6.30. The molecule has 1 atom stereocenters. The summed E-state index contributed by atoms with van der Waals surface area (Å²) in [4.78, 5) is 10.9. The molecule has 2 fully saturated rings. The first kappa shape index (κ1) is 7.06. The van der Waals surface area contributed by atoms with Crippen molar-refractivity contribution >= 4 is 5.97 Å². The molecule has 2 saturated heterocycles. The van der Waals surface area contributed by atoms with E-state index in [0.29, 0.717) is 13.0 Å². The Morgan fingerprint density at radius 2 is 2.45 bits per heavy atom. The highest BCUT2D eigenvalue weighted by atomic mass is 16.6. The monoisotopic (exact) mass is 156 g/mol. The molecule has 11 heavy (non-hydrogen) atoms. The number of hydrogen-bond acceptors (Lipinski definition) is 4. The van der Waals surface area contributed by atoms with Crippen molar-refractivity contribution in [2.24, 2.45) is 11.1 Å². The quantitative estimate of drug-likeness (QED) is 0.470. The molecule has 1 spiro atoms. The molecular formula is C7H12N2O2. The van der Waals surface area contributed by atoms with E-state index < -0.39 is 0 Å². The van der Waals surface area contributed by atoms with Crippen LogP contribution in [-0.2, 0) is 9.53 Å². The van der Waals surface area contributed by atoms with Crippen LogP contribution < -0.4 is 11.1 Å². The SMILES string of the molecule is NCC1OC(=O)CC12CNC2. The van der Waals surface area contributed by atoms with Crippen LogP contribution >= 0.6 is 0 Å².